The Balaban J connectivity index is 0.00000121. The van der Waals surface area contributed by atoms with Gasteiger partial charge in [0.2, 0.25) is 0 Å². The topological polar surface area (TPSA) is 60.4 Å². The van der Waals surface area contributed by atoms with Crippen LogP contribution in [0.1, 0.15) is 11.7 Å². The first-order valence-electron chi connectivity index (χ1n) is 3.15. The molecule has 0 amide bonds. The summed E-state index contributed by atoms with van der Waals surface area (Å²) in [5.41, 5.74) is 0.340. The maximum absolute atomic E-state index is 10.1. The molecule has 0 fully saturated rings. The minimum atomic E-state index is -1.52. The van der Waals surface area contributed by atoms with Gasteiger partial charge in [-0.15, -0.1) is 0 Å². The number of aliphatic carboxylic acids is 1. The smallest absolute Gasteiger partial charge is 0.547 e. The van der Waals surface area contributed by atoms with Crippen LogP contribution in [0.15, 0.2) is 30.3 Å². The van der Waals surface area contributed by atoms with Gasteiger partial charge in [-0.25, -0.2) is 0 Å². The summed E-state index contributed by atoms with van der Waals surface area (Å²) >= 11 is 0. The van der Waals surface area contributed by atoms with Crippen LogP contribution in [-0.4, -0.2) is 11.1 Å². The van der Waals surface area contributed by atoms with E-state index in [0.29, 0.717) is 5.56 Å². The fraction of sp³-hybridized carbons (Fsp3) is 0.125. The van der Waals surface area contributed by atoms with E-state index in [1.165, 1.54) is 12.1 Å². The molecule has 0 unspecified atom stereocenters. The molecule has 68 valence electrons. The van der Waals surface area contributed by atoms with Crippen molar-refractivity contribution in [3.63, 3.8) is 0 Å². The molecule has 0 heterocycles. The molecule has 1 rings (SSSR count). The molecule has 0 radical (unpaired) electrons. The van der Waals surface area contributed by atoms with Crippen LogP contribution in [0.5, 0.6) is 0 Å². The molecule has 3 nitrogen and oxygen atoms in total. The molecule has 0 saturated heterocycles. The van der Waals surface area contributed by atoms with Crippen molar-refractivity contribution in [1.82, 2.24) is 0 Å². The number of carbonyl (C=O) groups excluding carboxylic acids is 1. The van der Waals surface area contributed by atoms with Crippen molar-refractivity contribution in [2.45, 2.75) is 6.10 Å². The maximum atomic E-state index is 10.1. The summed E-state index contributed by atoms with van der Waals surface area (Å²) in [6.07, 6.45) is -1.52. The molecule has 1 aromatic carbocycles. The van der Waals surface area contributed by atoms with Crippen molar-refractivity contribution >= 4 is 5.97 Å². The predicted octanol–water partition coefficient (Wildman–Crippen LogP) is -0.533. The van der Waals surface area contributed by atoms with Crippen molar-refractivity contribution in [2.75, 3.05) is 0 Å². The number of aliphatic hydroxyl groups excluding tert-OH is 1. The predicted molar refractivity (Wildman–Crippen MR) is 36.4 cm³/mol. The fourth-order valence-corrected chi connectivity index (χ4v) is 0.771. The first-order chi connectivity index (χ1) is 5.22. The van der Waals surface area contributed by atoms with E-state index in [2.05, 4.69) is 0 Å². The zero-order chi connectivity index (χ0) is 8.27. The fourth-order valence-electron chi connectivity index (χ4n) is 0.771. The molecule has 1 N–H and O–H groups in total. The Morgan fingerprint density at radius 1 is 1.33 bits per heavy atom. The Kier molecular flexibility index (Phi) is 4.85. The third-order valence-electron chi connectivity index (χ3n) is 1.34. The van der Waals surface area contributed by atoms with Gasteiger partial charge in [-0.1, -0.05) is 30.3 Å². The molecular formula is C8H7AgO3. The van der Waals surface area contributed by atoms with E-state index in [1.54, 1.807) is 18.2 Å². The van der Waals surface area contributed by atoms with Gasteiger partial charge in [0.25, 0.3) is 0 Å². The zero-order valence-corrected chi connectivity index (χ0v) is 7.51. The Morgan fingerprint density at radius 2 is 1.83 bits per heavy atom. The van der Waals surface area contributed by atoms with Crippen molar-refractivity contribution in [1.29, 1.82) is 0 Å². The van der Waals surface area contributed by atoms with Crippen molar-refractivity contribution < 1.29 is 37.4 Å². The Bertz CT molecular complexity index is 248. The van der Waals surface area contributed by atoms with Gasteiger partial charge in [0.1, 0.15) is 6.10 Å². The second-order valence-corrected chi connectivity index (χ2v) is 2.13. The average Bonchev–Trinajstić information content (AvgIpc) is 2.05. The van der Waals surface area contributed by atoms with Gasteiger partial charge in [0.05, 0.1) is 5.97 Å². The molecule has 0 saturated carbocycles. The Morgan fingerprint density at radius 3 is 2.25 bits per heavy atom. The van der Waals surface area contributed by atoms with Gasteiger partial charge >= 0.3 is 22.4 Å². The molecule has 0 aliphatic heterocycles. The van der Waals surface area contributed by atoms with E-state index in [-0.39, 0.29) is 22.4 Å². The largest absolute Gasteiger partial charge is 1.00 e. The number of benzene rings is 1. The van der Waals surface area contributed by atoms with Crippen LogP contribution in [0.2, 0.25) is 0 Å². The molecule has 0 spiro atoms. The minimum Gasteiger partial charge on any atom is -0.547 e. The van der Waals surface area contributed by atoms with Crippen LogP contribution in [-0.2, 0) is 27.2 Å². The van der Waals surface area contributed by atoms with Crippen LogP contribution >= 0.6 is 0 Å². The molecule has 12 heavy (non-hydrogen) atoms. The second-order valence-electron chi connectivity index (χ2n) is 2.13. The molecule has 0 aromatic heterocycles. The van der Waals surface area contributed by atoms with Crippen molar-refractivity contribution in [3.05, 3.63) is 35.9 Å². The third kappa shape index (κ3) is 2.79. The van der Waals surface area contributed by atoms with Gasteiger partial charge in [-0.2, -0.15) is 0 Å². The summed E-state index contributed by atoms with van der Waals surface area (Å²) < 4.78 is 0. The number of hydrogen-bond donors (Lipinski definition) is 1. The van der Waals surface area contributed by atoms with Crippen LogP contribution in [0.25, 0.3) is 0 Å². The normalized spacial score (nSPS) is 11.4. The quantitative estimate of drug-likeness (QED) is 0.726. The van der Waals surface area contributed by atoms with Crippen molar-refractivity contribution in [2.24, 2.45) is 0 Å². The standard InChI is InChI=1S/C8H8O3.Ag/c9-7(8(10)11)6-4-2-1-3-5-6;/h1-5,7,9H,(H,10,11);/q;+1/p-1/t7-;/m1./s1. The number of aliphatic hydroxyl groups is 1. The molecule has 4 heteroatoms. The van der Waals surface area contributed by atoms with E-state index in [0.717, 1.165) is 0 Å². The average molecular weight is 259 g/mol. The second kappa shape index (κ2) is 5.11. The summed E-state index contributed by atoms with van der Waals surface area (Å²) in [4.78, 5) is 10.1. The summed E-state index contributed by atoms with van der Waals surface area (Å²) in [5.74, 6) is -1.48. The number of hydrogen-bond acceptors (Lipinski definition) is 3. The monoisotopic (exact) mass is 258 g/mol. The van der Waals surface area contributed by atoms with Gasteiger partial charge in [-0.3, -0.25) is 0 Å². The minimum absolute atomic E-state index is 0. The molecule has 0 aliphatic carbocycles. The van der Waals surface area contributed by atoms with Gasteiger partial charge in [0.15, 0.2) is 0 Å². The van der Waals surface area contributed by atoms with Crippen LogP contribution < -0.4 is 5.11 Å². The number of carboxylic acid groups (broad SMARTS) is 1. The first-order valence-corrected chi connectivity index (χ1v) is 3.15. The number of carbonyl (C=O) groups is 1. The SMILES string of the molecule is O=C([O-])[C@H](O)c1ccccc1.[Ag+]. The first kappa shape index (κ1) is 11.4. The molecule has 1 atom stereocenters. The Labute approximate surface area is 85.5 Å². The summed E-state index contributed by atoms with van der Waals surface area (Å²) in [6.45, 7) is 0. The van der Waals surface area contributed by atoms with Gasteiger partial charge < -0.3 is 15.0 Å². The van der Waals surface area contributed by atoms with Crippen LogP contribution in [0.4, 0.5) is 0 Å². The summed E-state index contributed by atoms with van der Waals surface area (Å²) in [6, 6.07) is 8.11. The third-order valence-corrected chi connectivity index (χ3v) is 1.34. The van der Waals surface area contributed by atoms with E-state index in [9.17, 15) is 9.90 Å². The number of rotatable bonds is 2. The zero-order valence-electron chi connectivity index (χ0n) is 6.03. The van der Waals surface area contributed by atoms with Crippen LogP contribution in [0, 0.1) is 0 Å². The van der Waals surface area contributed by atoms with Gasteiger partial charge in [0, 0.05) is 0 Å². The molecule has 0 bridgehead atoms. The van der Waals surface area contributed by atoms with E-state index in [1.807, 2.05) is 0 Å². The van der Waals surface area contributed by atoms with E-state index >= 15 is 0 Å². The molecule has 0 aliphatic rings. The summed E-state index contributed by atoms with van der Waals surface area (Å²) in [7, 11) is 0. The molecular weight excluding hydrogens is 252 g/mol. The van der Waals surface area contributed by atoms with Crippen LogP contribution in [0.3, 0.4) is 0 Å². The number of carboxylic acids is 1. The van der Waals surface area contributed by atoms with E-state index < -0.39 is 12.1 Å². The van der Waals surface area contributed by atoms with E-state index in [4.69, 9.17) is 5.11 Å². The van der Waals surface area contributed by atoms with Gasteiger partial charge in [-0.05, 0) is 5.56 Å². The Hall–Kier alpha value is -0.610. The molecule has 1 aromatic rings. The van der Waals surface area contributed by atoms with Crippen molar-refractivity contribution in [3.8, 4) is 0 Å². The summed E-state index contributed by atoms with van der Waals surface area (Å²) in [5, 5.41) is 19.1. The maximum Gasteiger partial charge on any atom is 1.00 e.